The van der Waals surface area contributed by atoms with Gasteiger partial charge in [0.2, 0.25) is 5.91 Å². The van der Waals surface area contributed by atoms with Gasteiger partial charge >= 0.3 is 0 Å². The zero-order chi connectivity index (χ0) is 11.8. The highest BCUT2D eigenvalue weighted by Crippen LogP contribution is 2.16. The van der Waals surface area contributed by atoms with Crippen LogP contribution in [0.2, 0.25) is 0 Å². The fourth-order valence-electron chi connectivity index (χ4n) is 1.12. The molecule has 0 radical (unpaired) electrons. The highest BCUT2D eigenvalue weighted by molar-refractivity contribution is 5.87. The molecule has 15 heavy (non-hydrogen) atoms. The lowest BCUT2D eigenvalue weighted by molar-refractivity contribution is -0.119. The van der Waals surface area contributed by atoms with Crippen LogP contribution in [-0.4, -0.2) is 39.6 Å². The van der Waals surface area contributed by atoms with Crippen molar-refractivity contribution in [1.82, 2.24) is 5.32 Å². The van der Waals surface area contributed by atoms with E-state index in [1.54, 1.807) is 6.92 Å². The maximum Gasteiger partial charge on any atom is 0.247 e. The second-order valence-electron chi connectivity index (χ2n) is 2.99. The van der Waals surface area contributed by atoms with Gasteiger partial charge in [0, 0.05) is 26.2 Å². The average molecular weight is 215 g/mol. The van der Waals surface area contributed by atoms with Crippen LogP contribution in [0.25, 0.3) is 0 Å². The van der Waals surface area contributed by atoms with Crippen LogP contribution in [-0.2, 0) is 19.1 Å². The van der Waals surface area contributed by atoms with Gasteiger partial charge < -0.3 is 19.6 Å². The molecule has 0 aliphatic heterocycles. The molecular formula is C10H17NO4. The summed E-state index contributed by atoms with van der Waals surface area (Å²) in [7, 11) is 4.40. The average Bonchev–Trinajstić information content (AvgIpc) is 2.26. The number of aldehydes is 1. The highest BCUT2D eigenvalue weighted by Gasteiger charge is 2.21. The third-order valence-corrected chi connectivity index (χ3v) is 2.10. The van der Waals surface area contributed by atoms with E-state index in [1.165, 1.54) is 27.3 Å². The maximum absolute atomic E-state index is 11.1. The summed E-state index contributed by atoms with van der Waals surface area (Å²) in [5.41, 5.74) is 0. The van der Waals surface area contributed by atoms with Crippen molar-refractivity contribution in [2.45, 2.75) is 13.0 Å². The lowest BCUT2D eigenvalue weighted by atomic mass is 10.0. The van der Waals surface area contributed by atoms with Crippen molar-refractivity contribution in [3.8, 4) is 0 Å². The van der Waals surface area contributed by atoms with E-state index < -0.39 is 6.10 Å². The third kappa shape index (κ3) is 4.12. The second-order valence-corrected chi connectivity index (χ2v) is 2.99. The molecule has 0 saturated carbocycles. The second kappa shape index (κ2) is 7.00. The predicted octanol–water partition coefficient (Wildman–Crippen LogP) is 0.113. The summed E-state index contributed by atoms with van der Waals surface area (Å²) in [6.07, 6.45) is 1.38. The first-order valence-corrected chi connectivity index (χ1v) is 4.56. The van der Waals surface area contributed by atoms with Crippen LogP contribution in [0.1, 0.15) is 6.92 Å². The number of amides is 1. The molecule has 0 aliphatic carbocycles. The van der Waals surface area contributed by atoms with Gasteiger partial charge in [-0.15, -0.1) is 0 Å². The van der Waals surface area contributed by atoms with E-state index in [2.05, 4.69) is 5.32 Å². The molecule has 0 aliphatic rings. The minimum atomic E-state index is -0.610. The van der Waals surface area contributed by atoms with Crippen LogP contribution < -0.4 is 5.32 Å². The van der Waals surface area contributed by atoms with Crippen molar-refractivity contribution in [1.29, 1.82) is 0 Å². The first-order valence-electron chi connectivity index (χ1n) is 4.56. The summed E-state index contributed by atoms with van der Waals surface area (Å²) < 4.78 is 9.97. The predicted molar refractivity (Wildman–Crippen MR) is 55.2 cm³/mol. The number of nitrogens with one attached hydrogen (secondary N) is 1. The van der Waals surface area contributed by atoms with Gasteiger partial charge in [0.05, 0.1) is 7.11 Å². The van der Waals surface area contributed by atoms with Crippen LogP contribution in [0.4, 0.5) is 0 Å². The lowest BCUT2D eigenvalue weighted by Crippen LogP contribution is -2.26. The van der Waals surface area contributed by atoms with E-state index in [-0.39, 0.29) is 11.8 Å². The Morgan fingerprint density at radius 3 is 2.33 bits per heavy atom. The molecule has 0 fully saturated rings. The molecule has 0 saturated heterocycles. The van der Waals surface area contributed by atoms with E-state index in [9.17, 15) is 9.59 Å². The fraction of sp³-hybridized carbons (Fsp3) is 0.600. The first kappa shape index (κ1) is 13.6. The quantitative estimate of drug-likeness (QED) is 0.388. The van der Waals surface area contributed by atoms with E-state index in [0.29, 0.717) is 12.0 Å². The fourth-order valence-corrected chi connectivity index (χ4v) is 1.12. The Labute approximate surface area is 89.4 Å². The summed E-state index contributed by atoms with van der Waals surface area (Å²) in [6, 6.07) is 0. The Balaban J connectivity index is 4.72. The molecule has 0 aromatic carbocycles. The molecule has 86 valence electrons. The number of ether oxygens (including phenoxy) is 2. The number of carbonyl (C=O) groups excluding carboxylic acids is 2. The minimum absolute atomic E-state index is 0.278. The standard InChI is InChI=1S/C10H17NO4/c1-7(9(6-12)15-4)8(14-3)5-10(13)11-2/h5-7,9H,1-4H3,(H,11,13)/b8-5+. The largest absolute Gasteiger partial charge is 0.500 e. The molecule has 0 aromatic heterocycles. The number of likely N-dealkylation sites (N-methyl/N-ethyl adjacent to an activating group) is 1. The third-order valence-electron chi connectivity index (χ3n) is 2.10. The molecule has 1 amide bonds. The molecular weight excluding hydrogens is 198 g/mol. The van der Waals surface area contributed by atoms with Crippen molar-refractivity contribution in [3.05, 3.63) is 11.8 Å². The Bertz CT molecular complexity index is 250. The van der Waals surface area contributed by atoms with Gasteiger partial charge in [-0.25, -0.2) is 0 Å². The molecule has 0 spiro atoms. The number of hydrogen-bond acceptors (Lipinski definition) is 4. The van der Waals surface area contributed by atoms with Gasteiger partial charge in [0.25, 0.3) is 0 Å². The van der Waals surface area contributed by atoms with Gasteiger partial charge in [0.15, 0.2) is 0 Å². The van der Waals surface area contributed by atoms with E-state index >= 15 is 0 Å². The lowest BCUT2D eigenvalue weighted by Gasteiger charge is -2.19. The molecule has 0 heterocycles. The number of hydrogen-bond donors (Lipinski definition) is 1. The summed E-state index contributed by atoms with van der Waals surface area (Å²) >= 11 is 0. The number of rotatable bonds is 6. The molecule has 2 atom stereocenters. The number of carbonyl (C=O) groups is 2. The van der Waals surface area contributed by atoms with E-state index in [1.807, 2.05) is 0 Å². The SMILES string of the molecule is CNC(=O)/C=C(/OC)C(C)C(C=O)OC. The monoisotopic (exact) mass is 215 g/mol. The van der Waals surface area contributed by atoms with Gasteiger partial charge in [-0.3, -0.25) is 4.79 Å². The number of methoxy groups -OCH3 is 2. The summed E-state index contributed by atoms with van der Waals surface area (Å²) in [6.45, 7) is 1.75. The summed E-state index contributed by atoms with van der Waals surface area (Å²) in [4.78, 5) is 21.7. The first-order chi connectivity index (χ1) is 7.10. The van der Waals surface area contributed by atoms with Crippen LogP contribution >= 0.6 is 0 Å². The Hall–Kier alpha value is -1.36. The van der Waals surface area contributed by atoms with Crippen LogP contribution in [0, 0.1) is 5.92 Å². The molecule has 2 unspecified atom stereocenters. The maximum atomic E-state index is 11.1. The highest BCUT2D eigenvalue weighted by atomic mass is 16.5. The zero-order valence-corrected chi connectivity index (χ0v) is 9.44. The topological polar surface area (TPSA) is 64.6 Å². The van der Waals surface area contributed by atoms with E-state index in [0.717, 1.165) is 0 Å². The molecule has 5 heteroatoms. The van der Waals surface area contributed by atoms with Gasteiger partial charge in [-0.2, -0.15) is 0 Å². The van der Waals surface area contributed by atoms with E-state index in [4.69, 9.17) is 9.47 Å². The van der Waals surface area contributed by atoms with Gasteiger partial charge in [-0.1, -0.05) is 6.92 Å². The Morgan fingerprint density at radius 2 is 2.00 bits per heavy atom. The van der Waals surface area contributed by atoms with Crippen molar-refractivity contribution >= 4 is 12.2 Å². The molecule has 0 aromatic rings. The molecule has 1 N–H and O–H groups in total. The molecule has 0 rings (SSSR count). The van der Waals surface area contributed by atoms with Crippen molar-refractivity contribution < 1.29 is 19.1 Å². The molecule has 5 nitrogen and oxygen atoms in total. The Morgan fingerprint density at radius 1 is 1.40 bits per heavy atom. The minimum Gasteiger partial charge on any atom is -0.500 e. The van der Waals surface area contributed by atoms with Crippen LogP contribution in [0.15, 0.2) is 11.8 Å². The normalized spacial score (nSPS) is 15.3. The van der Waals surface area contributed by atoms with Gasteiger partial charge in [-0.05, 0) is 0 Å². The Kier molecular flexibility index (Phi) is 6.37. The smallest absolute Gasteiger partial charge is 0.247 e. The zero-order valence-electron chi connectivity index (χ0n) is 9.44. The molecule has 0 bridgehead atoms. The summed E-state index contributed by atoms with van der Waals surface area (Å²) in [5, 5.41) is 2.44. The summed E-state index contributed by atoms with van der Waals surface area (Å²) in [5.74, 6) is -0.164. The van der Waals surface area contributed by atoms with Crippen LogP contribution in [0.5, 0.6) is 0 Å². The van der Waals surface area contributed by atoms with Crippen molar-refractivity contribution in [2.75, 3.05) is 21.3 Å². The van der Waals surface area contributed by atoms with Gasteiger partial charge in [0.1, 0.15) is 18.1 Å². The van der Waals surface area contributed by atoms with Crippen molar-refractivity contribution in [3.63, 3.8) is 0 Å². The van der Waals surface area contributed by atoms with Crippen LogP contribution in [0.3, 0.4) is 0 Å². The van der Waals surface area contributed by atoms with Crippen molar-refractivity contribution in [2.24, 2.45) is 5.92 Å².